The van der Waals surface area contributed by atoms with Crippen LogP contribution in [0.3, 0.4) is 0 Å². The van der Waals surface area contributed by atoms with Gasteiger partial charge in [0.25, 0.3) is 0 Å². The maximum atomic E-state index is 12.6. The monoisotopic (exact) mass is 359 g/mol. The van der Waals surface area contributed by atoms with E-state index in [-0.39, 0.29) is 11.3 Å². The van der Waals surface area contributed by atoms with Crippen LogP contribution in [0.1, 0.15) is 24.0 Å². The lowest BCUT2D eigenvalue weighted by molar-refractivity contribution is -0.123. The molecular weight excluding hydrogens is 342 g/mol. The molecule has 0 aliphatic heterocycles. The van der Waals surface area contributed by atoms with Crippen molar-refractivity contribution >= 4 is 21.8 Å². The number of rotatable bonds is 5. The largest absolute Gasteiger partial charge is 0.497 e. The minimum absolute atomic E-state index is 0.105. The van der Waals surface area contributed by atoms with E-state index < -0.39 is 0 Å². The first-order valence-corrected chi connectivity index (χ1v) is 8.11. The number of nitrogens with one attached hydrogen (secondary N) is 1. The number of benzene rings is 2. The Morgan fingerprint density at radius 1 is 1.23 bits per heavy atom. The van der Waals surface area contributed by atoms with E-state index in [0.29, 0.717) is 6.54 Å². The molecule has 0 spiro atoms. The van der Waals surface area contributed by atoms with Gasteiger partial charge in [-0.05, 0) is 48.2 Å². The van der Waals surface area contributed by atoms with E-state index in [2.05, 4.69) is 21.2 Å². The fourth-order valence-electron chi connectivity index (χ4n) is 2.69. The van der Waals surface area contributed by atoms with E-state index in [1.54, 1.807) is 7.11 Å². The van der Waals surface area contributed by atoms with Gasteiger partial charge in [0.2, 0.25) is 5.91 Å². The van der Waals surface area contributed by atoms with Gasteiger partial charge >= 0.3 is 0 Å². The zero-order chi connectivity index (χ0) is 15.6. The van der Waals surface area contributed by atoms with Crippen LogP contribution in [0.15, 0.2) is 53.0 Å². The molecule has 22 heavy (non-hydrogen) atoms. The van der Waals surface area contributed by atoms with Gasteiger partial charge in [-0.15, -0.1) is 0 Å². The summed E-state index contributed by atoms with van der Waals surface area (Å²) in [5.41, 5.74) is 1.78. The zero-order valence-electron chi connectivity index (χ0n) is 12.4. The minimum atomic E-state index is -0.345. The van der Waals surface area contributed by atoms with Crippen molar-refractivity contribution in [1.29, 1.82) is 0 Å². The van der Waals surface area contributed by atoms with Crippen LogP contribution in [0.4, 0.5) is 0 Å². The topological polar surface area (TPSA) is 38.3 Å². The Labute approximate surface area is 138 Å². The van der Waals surface area contributed by atoms with Gasteiger partial charge in [0.05, 0.1) is 12.5 Å². The molecule has 2 aromatic carbocycles. The van der Waals surface area contributed by atoms with Crippen LogP contribution < -0.4 is 10.1 Å². The summed E-state index contributed by atoms with van der Waals surface area (Å²) in [6.45, 7) is 0.520. The Bertz CT molecular complexity index is 695. The highest BCUT2D eigenvalue weighted by Crippen LogP contribution is 2.48. The molecule has 1 saturated carbocycles. The van der Waals surface area contributed by atoms with Crippen LogP contribution >= 0.6 is 15.9 Å². The number of carbonyl (C=O) groups excluding carboxylic acids is 1. The lowest BCUT2D eigenvalue weighted by atomic mass is 9.95. The first-order valence-electron chi connectivity index (χ1n) is 7.31. The highest BCUT2D eigenvalue weighted by Gasteiger charge is 2.51. The van der Waals surface area contributed by atoms with E-state index in [0.717, 1.165) is 34.2 Å². The van der Waals surface area contributed by atoms with Gasteiger partial charge in [0.15, 0.2) is 0 Å². The van der Waals surface area contributed by atoms with Crippen molar-refractivity contribution in [3.8, 4) is 5.75 Å². The Kier molecular flexibility index (Phi) is 4.21. The average molecular weight is 360 g/mol. The number of amides is 1. The normalized spacial score (nSPS) is 15.2. The highest BCUT2D eigenvalue weighted by molar-refractivity contribution is 9.10. The Morgan fingerprint density at radius 2 is 2.00 bits per heavy atom. The van der Waals surface area contributed by atoms with E-state index in [4.69, 9.17) is 4.74 Å². The second-order valence-electron chi connectivity index (χ2n) is 5.63. The maximum absolute atomic E-state index is 12.6. The number of ether oxygens (including phenoxy) is 1. The molecular formula is C18H18BrNO2. The first kappa shape index (κ1) is 15.1. The van der Waals surface area contributed by atoms with Crippen LogP contribution in [0.25, 0.3) is 0 Å². The molecule has 0 heterocycles. The third-order valence-electron chi connectivity index (χ3n) is 4.15. The standard InChI is InChI=1S/C18H18BrNO2/c1-22-16-7-2-4-13(10-16)12-20-17(21)18(8-9-18)14-5-3-6-15(19)11-14/h2-7,10-11H,8-9,12H2,1H3,(H,20,21). The number of halogens is 1. The van der Waals surface area contributed by atoms with Gasteiger partial charge in [-0.1, -0.05) is 40.2 Å². The third kappa shape index (κ3) is 3.02. The Balaban J connectivity index is 1.69. The SMILES string of the molecule is COc1cccc(CNC(=O)C2(c3cccc(Br)c3)CC2)c1. The average Bonchev–Trinajstić information content (AvgIpc) is 3.35. The molecule has 0 saturated heterocycles. The van der Waals surface area contributed by atoms with Gasteiger partial charge in [-0.25, -0.2) is 0 Å². The molecule has 3 nitrogen and oxygen atoms in total. The van der Waals surface area contributed by atoms with E-state index >= 15 is 0 Å². The van der Waals surface area contributed by atoms with Crippen molar-refractivity contribution in [2.75, 3.05) is 7.11 Å². The molecule has 114 valence electrons. The molecule has 2 aromatic rings. The zero-order valence-corrected chi connectivity index (χ0v) is 14.0. The Hall–Kier alpha value is -1.81. The number of carbonyl (C=O) groups is 1. The van der Waals surface area contributed by atoms with Crippen molar-refractivity contribution in [3.63, 3.8) is 0 Å². The molecule has 0 bridgehead atoms. The fourth-order valence-corrected chi connectivity index (χ4v) is 3.09. The summed E-state index contributed by atoms with van der Waals surface area (Å²) in [7, 11) is 1.64. The molecule has 1 amide bonds. The third-order valence-corrected chi connectivity index (χ3v) is 4.64. The predicted octanol–water partition coefficient (Wildman–Crippen LogP) is 3.81. The molecule has 0 aromatic heterocycles. The molecule has 1 aliphatic rings. The molecule has 0 unspecified atom stereocenters. The summed E-state index contributed by atoms with van der Waals surface area (Å²) in [5.74, 6) is 0.910. The smallest absolute Gasteiger partial charge is 0.230 e. The van der Waals surface area contributed by atoms with Crippen molar-refractivity contribution in [3.05, 3.63) is 64.1 Å². The fraction of sp³-hybridized carbons (Fsp3) is 0.278. The van der Waals surface area contributed by atoms with Gasteiger partial charge in [0, 0.05) is 11.0 Å². The summed E-state index contributed by atoms with van der Waals surface area (Å²) in [6.07, 6.45) is 1.82. The molecule has 4 heteroatoms. The van der Waals surface area contributed by atoms with Crippen molar-refractivity contribution in [2.45, 2.75) is 24.8 Å². The van der Waals surface area contributed by atoms with Gasteiger partial charge in [0.1, 0.15) is 5.75 Å². The summed E-state index contributed by atoms with van der Waals surface area (Å²) in [4.78, 5) is 12.6. The number of hydrogen-bond acceptors (Lipinski definition) is 2. The minimum Gasteiger partial charge on any atom is -0.497 e. The van der Waals surface area contributed by atoms with E-state index in [1.807, 2.05) is 48.5 Å². The lowest BCUT2D eigenvalue weighted by Crippen LogP contribution is -2.34. The van der Waals surface area contributed by atoms with Crippen molar-refractivity contribution in [2.24, 2.45) is 0 Å². The molecule has 1 N–H and O–H groups in total. The summed E-state index contributed by atoms with van der Waals surface area (Å²) < 4.78 is 6.22. The lowest BCUT2D eigenvalue weighted by Gasteiger charge is -2.16. The van der Waals surface area contributed by atoms with Crippen LogP contribution in [-0.2, 0) is 16.8 Å². The van der Waals surface area contributed by atoms with Crippen LogP contribution in [-0.4, -0.2) is 13.0 Å². The summed E-state index contributed by atoms with van der Waals surface area (Å²) >= 11 is 3.48. The van der Waals surface area contributed by atoms with Gasteiger partial charge in [-0.2, -0.15) is 0 Å². The maximum Gasteiger partial charge on any atom is 0.230 e. The van der Waals surface area contributed by atoms with E-state index in [9.17, 15) is 4.79 Å². The Morgan fingerprint density at radius 3 is 2.68 bits per heavy atom. The van der Waals surface area contributed by atoms with Crippen LogP contribution in [0.2, 0.25) is 0 Å². The molecule has 3 rings (SSSR count). The number of methoxy groups -OCH3 is 1. The summed E-state index contributed by atoms with van der Waals surface area (Å²) in [5, 5.41) is 3.06. The highest BCUT2D eigenvalue weighted by atomic mass is 79.9. The second-order valence-corrected chi connectivity index (χ2v) is 6.54. The second kappa shape index (κ2) is 6.13. The molecule has 1 fully saturated rings. The quantitative estimate of drug-likeness (QED) is 0.881. The predicted molar refractivity (Wildman–Crippen MR) is 89.9 cm³/mol. The number of hydrogen-bond donors (Lipinski definition) is 1. The molecule has 0 atom stereocenters. The van der Waals surface area contributed by atoms with Crippen molar-refractivity contribution in [1.82, 2.24) is 5.32 Å². The molecule has 0 radical (unpaired) electrons. The summed E-state index contributed by atoms with van der Waals surface area (Å²) in [6, 6.07) is 15.8. The van der Waals surface area contributed by atoms with Crippen molar-refractivity contribution < 1.29 is 9.53 Å². The molecule has 1 aliphatic carbocycles. The van der Waals surface area contributed by atoms with Crippen LogP contribution in [0.5, 0.6) is 5.75 Å². The van der Waals surface area contributed by atoms with Gasteiger partial charge in [-0.3, -0.25) is 4.79 Å². The van der Waals surface area contributed by atoms with Crippen LogP contribution in [0, 0.1) is 0 Å². The first-order chi connectivity index (χ1) is 10.6. The van der Waals surface area contributed by atoms with E-state index in [1.165, 1.54) is 0 Å². The van der Waals surface area contributed by atoms with Gasteiger partial charge < -0.3 is 10.1 Å².